The Morgan fingerprint density at radius 2 is 1.73 bits per heavy atom. The van der Waals surface area contributed by atoms with Crippen molar-refractivity contribution in [2.24, 2.45) is 0 Å². The molecule has 0 amide bonds. The number of nitrogens with one attached hydrogen (secondary N) is 1. The molecule has 0 aliphatic carbocycles. The normalized spacial score (nSPS) is 11.7. The zero-order chi connectivity index (χ0) is 16.5. The van der Waals surface area contributed by atoms with Crippen LogP contribution < -0.4 is 16.8 Å². The third-order valence-electron chi connectivity index (χ3n) is 3.43. The van der Waals surface area contributed by atoms with Crippen LogP contribution in [0.15, 0.2) is 18.5 Å². The predicted molar refractivity (Wildman–Crippen MR) is 91.2 cm³/mol. The number of hydrogen-bond acceptors (Lipinski definition) is 6. The Morgan fingerprint density at radius 1 is 1.05 bits per heavy atom. The van der Waals surface area contributed by atoms with E-state index in [0.717, 1.165) is 16.9 Å². The second-order valence-corrected chi connectivity index (χ2v) is 6.71. The number of pyridine rings is 1. The van der Waals surface area contributed by atoms with Gasteiger partial charge in [0.05, 0.1) is 6.20 Å². The first-order chi connectivity index (χ1) is 10.2. The minimum Gasteiger partial charge on any atom is -0.382 e. The molecule has 0 atom stereocenters. The first-order valence-corrected chi connectivity index (χ1v) is 7.34. The fourth-order valence-corrected chi connectivity index (χ4v) is 2.10. The number of rotatable bonds is 3. The Labute approximate surface area is 131 Å². The van der Waals surface area contributed by atoms with Gasteiger partial charge in [-0.3, -0.25) is 4.98 Å². The minimum atomic E-state index is -0.0326. The van der Waals surface area contributed by atoms with Crippen molar-refractivity contribution in [3.63, 3.8) is 0 Å². The van der Waals surface area contributed by atoms with Crippen molar-refractivity contribution in [1.82, 2.24) is 15.0 Å². The highest BCUT2D eigenvalue weighted by atomic mass is 15.1. The number of nitrogen functional groups attached to an aromatic ring is 2. The van der Waals surface area contributed by atoms with Crippen molar-refractivity contribution in [2.75, 3.05) is 16.8 Å². The Bertz CT molecular complexity index is 673. The molecular weight excluding hydrogens is 276 g/mol. The van der Waals surface area contributed by atoms with Crippen molar-refractivity contribution >= 4 is 23.1 Å². The van der Waals surface area contributed by atoms with Crippen LogP contribution in [0.2, 0.25) is 0 Å². The Kier molecular flexibility index (Phi) is 4.21. The summed E-state index contributed by atoms with van der Waals surface area (Å²) in [6.45, 7) is 10.7. The Morgan fingerprint density at radius 3 is 2.27 bits per heavy atom. The average molecular weight is 300 g/mol. The minimum absolute atomic E-state index is 0.0326. The third kappa shape index (κ3) is 3.44. The number of nitrogens with zero attached hydrogens (tertiary/aromatic N) is 3. The van der Waals surface area contributed by atoms with Gasteiger partial charge in [0.25, 0.3) is 0 Å². The monoisotopic (exact) mass is 300 g/mol. The molecule has 0 spiro atoms. The molecule has 0 aromatic carbocycles. The molecule has 6 nitrogen and oxygen atoms in total. The number of anilines is 4. The summed E-state index contributed by atoms with van der Waals surface area (Å²) in [6, 6.07) is 2.06. The lowest BCUT2D eigenvalue weighted by Gasteiger charge is -2.22. The zero-order valence-corrected chi connectivity index (χ0v) is 13.8. The fraction of sp³-hybridized carbons (Fsp3) is 0.438. The van der Waals surface area contributed by atoms with Gasteiger partial charge < -0.3 is 16.8 Å². The van der Waals surface area contributed by atoms with Gasteiger partial charge in [-0.25, -0.2) is 4.98 Å². The van der Waals surface area contributed by atoms with Crippen LogP contribution in [0.1, 0.15) is 51.8 Å². The second kappa shape index (κ2) is 5.79. The summed E-state index contributed by atoms with van der Waals surface area (Å²) >= 11 is 0. The van der Waals surface area contributed by atoms with Gasteiger partial charge in [-0.15, -0.1) is 0 Å². The van der Waals surface area contributed by atoms with Crippen LogP contribution >= 0.6 is 0 Å². The molecule has 2 aromatic rings. The first kappa shape index (κ1) is 16.0. The van der Waals surface area contributed by atoms with Crippen LogP contribution in [-0.2, 0) is 5.41 Å². The van der Waals surface area contributed by atoms with Gasteiger partial charge in [-0.2, -0.15) is 4.98 Å². The van der Waals surface area contributed by atoms with Gasteiger partial charge in [-0.05, 0) is 17.5 Å². The molecule has 0 unspecified atom stereocenters. The molecule has 0 saturated carbocycles. The standard InChI is InChI=1S/C16H24N6/c1-9(2)10-7-19-13(16(3,4)5)6-11(10)21-12-8-20-15(18)22-14(12)17/h6-9H,1-5H3,(H,19,21)(H4,17,18,20,22). The summed E-state index contributed by atoms with van der Waals surface area (Å²) < 4.78 is 0. The molecule has 0 bridgehead atoms. The molecule has 6 heteroatoms. The van der Waals surface area contributed by atoms with Crippen LogP contribution in [0.4, 0.5) is 23.1 Å². The smallest absolute Gasteiger partial charge is 0.222 e. The van der Waals surface area contributed by atoms with Gasteiger partial charge in [0.2, 0.25) is 5.95 Å². The number of aromatic nitrogens is 3. The van der Waals surface area contributed by atoms with Gasteiger partial charge >= 0.3 is 0 Å². The van der Waals surface area contributed by atoms with E-state index in [1.165, 1.54) is 0 Å². The molecule has 0 radical (unpaired) electrons. The van der Waals surface area contributed by atoms with Crippen LogP contribution in [0.5, 0.6) is 0 Å². The van der Waals surface area contributed by atoms with Crippen LogP contribution in [0, 0.1) is 0 Å². The van der Waals surface area contributed by atoms with E-state index < -0.39 is 0 Å². The molecule has 2 aromatic heterocycles. The molecule has 0 aliphatic rings. The van der Waals surface area contributed by atoms with Gasteiger partial charge in [0, 0.05) is 23.0 Å². The zero-order valence-electron chi connectivity index (χ0n) is 13.8. The molecular formula is C16H24N6. The first-order valence-electron chi connectivity index (χ1n) is 7.34. The van der Waals surface area contributed by atoms with E-state index >= 15 is 0 Å². The number of nitrogens with two attached hydrogens (primary N) is 2. The van der Waals surface area contributed by atoms with Crippen molar-refractivity contribution in [2.45, 2.75) is 46.0 Å². The largest absolute Gasteiger partial charge is 0.382 e. The highest BCUT2D eigenvalue weighted by Crippen LogP contribution is 2.32. The Balaban J connectivity index is 2.47. The fourth-order valence-electron chi connectivity index (χ4n) is 2.10. The Hall–Kier alpha value is -2.37. The van der Waals surface area contributed by atoms with Crippen LogP contribution in [0.25, 0.3) is 0 Å². The molecule has 5 N–H and O–H groups in total. The van der Waals surface area contributed by atoms with Gasteiger partial charge in [-0.1, -0.05) is 34.6 Å². The summed E-state index contributed by atoms with van der Waals surface area (Å²) in [4.78, 5) is 12.6. The van der Waals surface area contributed by atoms with E-state index in [1.54, 1.807) is 6.20 Å². The molecule has 0 fully saturated rings. The molecule has 2 rings (SSSR count). The lowest BCUT2D eigenvalue weighted by Crippen LogP contribution is -2.15. The van der Waals surface area contributed by atoms with Crippen molar-refractivity contribution in [3.8, 4) is 0 Å². The summed E-state index contributed by atoms with van der Waals surface area (Å²) in [5.41, 5.74) is 15.1. The van der Waals surface area contributed by atoms with E-state index in [-0.39, 0.29) is 11.4 Å². The predicted octanol–water partition coefficient (Wildman–Crippen LogP) is 3.20. The summed E-state index contributed by atoms with van der Waals surface area (Å²) in [6.07, 6.45) is 3.51. The maximum atomic E-state index is 5.91. The van der Waals surface area contributed by atoms with E-state index in [1.807, 2.05) is 6.20 Å². The van der Waals surface area contributed by atoms with E-state index in [2.05, 4.69) is 61.0 Å². The molecule has 118 valence electrons. The summed E-state index contributed by atoms with van der Waals surface area (Å²) in [7, 11) is 0. The highest BCUT2D eigenvalue weighted by Gasteiger charge is 2.19. The van der Waals surface area contributed by atoms with Crippen LogP contribution in [-0.4, -0.2) is 15.0 Å². The maximum absolute atomic E-state index is 5.91. The lowest BCUT2D eigenvalue weighted by atomic mass is 9.90. The maximum Gasteiger partial charge on any atom is 0.222 e. The topological polar surface area (TPSA) is 103 Å². The summed E-state index contributed by atoms with van der Waals surface area (Å²) in [5, 5.41) is 3.32. The quantitative estimate of drug-likeness (QED) is 0.804. The molecule has 22 heavy (non-hydrogen) atoms. The third-order valence-corrected chi connectivity index (χ3v) is 3.43. The van der Waals surface area contributed by atoms with E-state index in [4.69, 9.17) is 11.5 Å². The molecule has 0 saturated heterocycles. The molecule has 2 heterocycles. The lowest BCUT2D eigenvalue weighted by molar-refractivity contribution is 0.568. The van der Waals surface area contributed by atoms with E-state index in [9.17, 15) is 0 Å². The van der Waals surface area contributed by atoms with Gasteiger partial charge in [0.15, 0.2) is 5.82 Å². The van der Waals surface area contributed by atoms with E-state index in [0.29, 0.717) is 17.4 Å². The molecule has 0 aliphatic heterocycles. The summed E-state index contributed by atoms with van der Waals surface area (Å²) in [5.74, 6) is 0.827. The second-order valence-electron chi connectivity index (χ2n) is 6.71. The number of hydrogen-bond donors (Lipinski definition) is 3. The van der Waals surface area contributed by atoms with Crippen LogP contribution in [0.3, 0.4) is 0 Å². The highest BCUT2D eigenvalue weighted by molar-refractivity contribution is 5.71. The van der Waals surface area contributed by atoms with Crippen molar-refractivity contribution < 1.29 is 0 Å². The van der Waals surface area contributed by atoms with Crippen molar-refractivity contribution in [1.29, 1.82) is 0 Å². The SMILES string of the molecule is CC(C)c1cnc(C(C)(C)C)cc1Nc1cnc(N)nc1N. The van der Waals surface area contributed by atoms with Gasteiger partial charge in [0.1, 0.15) is 5.69 Å². The average Bonchev–Trinajstić information content (AvgIpc) is 2.40. The van der Waals surface area contributed by atoms with Crippen molar-refractivity contribution in [3.05, 3.63) is 29.7 Å².